The number of carbonyl (C=O) groups is 13. The maximum atomic E-state index is 15.4. The molecule has 2 saturated heterocycles. The summed E-state index contributed by atoms with van der Waals surface area (Å²) < 4.78 is 0. The number of halogens is 1. The SMILES string of the molecule is C[C@@H](O)[C@@H]1NC(=O)C(CCCCN)NC(=O)C(Cc2ccc(NC(N)=O)cc2)NC(=O)[C@H](Cc2ccc(O)cc2)NC(=O)C(NC(=O)[C@H](Cc2ccc(Cl)cc2)NC(=O)CN2CCN(CC(=O)O)CCN(CC(=O)O)CCN(CC(=O)O)CC2)CSSC[C@@H](C(=O)N[C@H](Cc2ccc(O)cc2)C(N)=O)NC1=O. The maximum Gasteiger partial charge on any atom is 0.317 e. The van der Waals surface area contributed by atoms with Crippen molar-refractivity contribution in [3.8, 4) is 11.5 Å². The third-order valence-corrected chi connectivity index (χ3v) is 19.9. The first kappa shape index (κ1) is 86.1. The van der Waals surface area contributed by atoms with Gasteiger partial charge in [0.1, 0.15) is 59.8 Å². The van der Waals surface area contributed by atoms with E-state index < -0.39 is 169 Å². The molecule has 4 aromatic rings. The molecule has 21 N–H and O–H groups in total. The second-order valence-corrected chi connectivity index (χ2v) is 28.7. The number of phenolic OH excluding ortho intramolecular Hbond substituents is 2. The molecular formula is C69H93ClN16O19S2. The van der Waals surface area contributed by atoms with Crippen LogP contribution in [0.15, 0.2) is 97.1 Å². The minimum Gasteiger partial charge on any atom is -0.508 e. The van der Waals surface area contributed by atoms with Gasteiger partial charge in [0.05, 0.1) is 32.3 Å². The van der Waals surface area contributed by atoms with E-state index in [9.17, 15) is 78.6 Å². The van der Waals surface area contributed by atoms with E-state index in [0.717, 1.165) is 21.6 Å². The lowest BCUT2D eigenvalue weighted by atomic mass is 10.0. The molecule has 6 rings (SSSR count). The second kappa shape index (κ2) is 43.7. The number of amides is 11. The first-order valence-corrected chi connectivity index (χ1v) is 37.1. The molecule has 9 atom stereocenters. The van der Waals surface area contributed by atoms with E-state index in [-0.39, 0.29) is 115 Å². The number of hydrogen-bond donors (Lipinski definition) is 18. The highest BCUT2D eigenvalue weighted by Gasteiger charge is 2.38. The zero-order chi connectivity index (χ0) is 78.3. The summed E-state index contributed by atoms with van der Waals surface area (Å²) in [4.78, 5) is 186. The Morgan fingerprint density at radius 2 is 0.963 bits per heavy atom. The van der Waals surface area contributed by atoms with E-state index >= 15 is 14.4 Å². The van der Waals surface area contributed by atoms with Crippen LogP contribution in [0, 0.1) is 0 Å². The van der Waals surface area contributed by atoms with Crippen LogP contribution >= 0.6 is 33.2 Å². The number of anilines is 1. The van der Waals surface area contributed by atoms with Gasteiger partial charge in [-0.15, -0.1) is 0 Å². The van der Waals surface area contributed by atoms with Gasteiger partial charge in [-0.1, -0.05) is 81.7 Å². The summed E-state index contributed by atoms with van der Waals surface area (Å²) >= 11 is 6.29. The number of unbranched alkanes of at least 4 members (excludes halogenated alkanes) is 1. The van der Waals surface area contributed by atoms with Crippen LogP contribution in [0.5, 0.6) is 11.5 Å². The fourth-order valence-corrected chi connectivity index (χ4v) is 13.9. The van der Waals surface area contributed by atoms with Crippen molar-refractivity contribution in [2.45, 2.75) is 106 Å². The lowest BCUT2D eigenvalue weighted by Crippen LogP contribution is -2.62. The Morgan fingerprint density at radius 3 is 1.43 bits per heavy atom. The van der Waals surface area contributed by atoms with Crippen LogP contribution in [-0.4, -0.2) is 278 Å². The number of phenols is 2. The van der Waals surface area contributed by atoms with Gasteiger partial charge < -0.3 is 95.7 Å². The van der Waals surface area contributed by atoms with Crippen LogP contribution in [0.3, 0.4) is 0 Å². The molecule has 0 spiro atoms. The van der Waals surface area contributed by atoms with E-state index in [2.05, 4.69) is 47.9 Å². The Kier molecular flexibility index (Phi) is 35.1. The number of aliphatic carboxylic acids is 3. The van der Waals surface area contributed by atoms with E-state index in [4.69, 9.17) is 28.8 Å². The number of carboxylic acid groups (broad SMARTS) is 3. The quantitative estimate of drug-likeness (QED) is 0.0203. The van der Waals surface area contributed by atoms with Gasteiger partial charge in [0, 0.05) is 100 Å². The number of hydrogen-bond acceptors (Lipinski definition) is 23. The lowest BCUT2D eigenvalue weighted by molar-refractivity contribution is -0.140. The molecule has 0 saturated carbocycles. The van der Waals surface area contributed by atoms with E-state index in [1.807, 2.05) is 0 Å². The molecule has 4 aromatic carbocycles. The van der Waals surface area contributed by atoms with Gasteiger partial charge >= 0.3 is 23.9 Å². The summed E-state index contributed by atoms with van der Waals surface area (Å²) in [6, 6.07) is 9.44. The molecule has 0 aliphatic carbocycles. The Balaban J connectivity index is 1.43. The van der Waals surface area contributed by atoms with E-state index in [0.29, 0.717) is 33.7 Å². The summed E-state index contributed by atoms with van der Waals surface area (Å²) in [7, 11) is 1.70. The predicted molar refractivity (Wildman–Crippen MR) is 395 cm³/mol. The number of rotatable bonds is 28. The van der Waals surface area contributed by atoms with Crippen molar-refractivity contribution >= 4 is 116 Å². The smallest absolute Gasteiger partial charge is 0.317 e. The van der Waals surface area contributed by atoms with Gasteiger partial charge in [-0.25, -0.2) is 4.79 Å². The van der Waals surface area contributed by atoms with Gasteiger partial charge in [0.15, 0.2) is 0 Å². The molecule has 11 amide bonds. The number of carbonyl (C=O) groups excluding carboxylic acids is 10. The first-order valence-electron chi connectivity index (χ1n) is 34.2. The summed E-state index contributed by atoms with van der Waals surface area (Å²) in [5.41, 5.74) is 18.9. The molecule has 0 aromatic heterocycles. The van der Waals surface area contributed by atoms with Crippen molar-refractivity contribution < 1.29 is 93.0 Å². The molecule has 2 aliphatic heterocycles. The Morgan fingerprint density at radius 1 is 0.533 bits per heavy atom. The Bertz CT molecular complexity index is 3670. The molecule has 2 heterocycles. The molecule has 38 heteroatoms. The van der Waals surface area contributed by atoms with Crippen molar-refractivity contribution in [2.24, 2.45) is 17.2 Å². The van der Waals surface area contributed by atoms with Crippen LogP contribution < -0.4 is 65.1 Å². The van der Waals surface area contributed by atoms with Crippen LogP contribution in [0.2, 0.25) is 5.02 Å². The average molecular weight is 1550 g/mol. The van der Waals surface area contributed by atoms with E-state index in [1.165, 1.54) is 91.9 Å². The summed E-state index contributed by atoms with van der Waals surface area (Å²) in [5.74, 6) is -13.6. The molecule has 0 bridgehead atoms. The van der Waals surface area contributed by atoms with Crippen molar-refractivity contribution in [2.75, 3.05) is 102 Å². The number of aliphatic hydroxyl groups is 1. The summed E-state index contributed by atoms with van der Waals surface area (Å²) in [6.45, 7) is 0.0299. The van der Waals surface area contributed by atoms with Crippen molar-refractivity contribution in [1.82, 2.24) is 62.1 Å². The van der Waals surface area contributed by atoms with Gasteiger partial charge in [-0.2, -0.15) is 0 Å². The average Bonchev–Trinajstić information content (AvgIpc) is 0.843. The standard InChI is InChI=1S/C69H93ClN16O19S2/c1-40(87)60-68(104)81-55(66(102)77-50(61(72)97)30-43-9-17-47(88)18-10-43)39-107-106-38-54(67(103)79-53(33-44-11-19-48(89)20-12-44)65(101)78-52(32-42-7-15-46(16-8-42)74-69(73)105)64(100)76-49(62(98)82-60)4-2-3-21-71)80-63(99)51(31-41-5-13-45(70)14-6-41)75-56(90)34-83-22-24-84(35-57(91)92)26-28-86(37-59(95)96)29-27-85(25-23-83)36-58(93)94/h5-20,40,49-55,60,87-89H,2-4,21-39,71H2,1H3,(H2,72,97)(H,75,90)(H,76,100)(H,77,102)(H,78,101)(H,79,103)(H,80,99)(H,81,104)(H,82,98)(H,91,92)(H,93,94)(H,95,96)(H3,73,74,105)/t40-,49?,50-,51+,52?,53+,54?,55+,60+/m1/s1. The number of aromatic hydroxyl groups is 2. The third-order valence-electron chi connectivity index (χ3n) is 17.2. The van der Waals surface area contributed by atoms with Crippen LogP contribution in [0.25, 0.3) is 0 Å². The van der Waals surface area contributed by atoms with Gasteiger partial charge in [0.2, 0.25) is 53.2 Å². The monoisotopic (exact) mass is 1550 g/mol. The topological polar surface area (TPSA) is 543 Å². The summed E-state index contributed by atoms with van der Waals surface area (Å²) in [6.07, 6.45) is -2.40. The largest absolute Gasteiger partial charge is 0.508 e. The minimum absolute atomic E-state index is 0.0183. The fraction of sp³-hybridized carbons (Fsp3) is 0.464. The van der Waals surface area contributed by atoms with Gasteiger partial charge in [0.25, 0.3) is 0 Å². The normalized spacial score (nSPS) is 20.7. The number of primary amides is 2. The molecule has 107 heavy (non-hydrogen) atoms. The van der Waals surface area contributed by atoms with Gasteiger partial charge in [-0.05, 0) is 104 Å². The highest BCUT2D eigenvalue weighted by molar-refractivity contribution is 8.76. The van der Waals surface area contributed by atoms with Gasteiger partial charge in [-0.3, -0.25) is 77.1 Å². The number of aliphatic hydroxyl groups excluding tert-OH is 1. The first-order chi connectivity index (χ1) is 50.9. The number of carboxylic acids is 3. The number of nitrogens with one attached hydrogen (secondary N) is 9. The van der Waals surface area contributed by atoms with Crippen LogP contribution in [0.1, 0.15) is 48.4 Å². The van der Waals surface area contributed by atoms with Crippen LogP contribution in [0.4, 0.5) is 10.5 Å². The zero-order valence-electron chi connectivity index (χ0n) is 58.7. The van der Waals surface area contributed by atoms with Crippen molar-refractivity contribution in [3.63, 3.8) is 0 Å². The second-order valence-electron chi connectivity index (χ2n) is 25.7. The Hall–Kier alpha value is -9.86. The molecular weight excluding hydrogens is 1460 g/mol. The number of nitrogens with zero attached hydrogens (tertiary/aromatic N) is 4. The maximum absolute atomic E-state index is 15.4. The zero-order valence-corrected chi connectivity index (χ0v) is 61.1. The highest BCUT2D eigenvalue weighted by Crippen LogP contribution is 2.25. The number of benzene rings is 4. The summed E-state index contributed by atoms with van der Waals surface area (Å²) in [5, 5.41) is 84.7. The highest BCUT2D eigenvalue weighted by atomic mass is 35.5. The van der Waals surface area contributed by atoms with E-state index in [1.54, 1.807) is 31.7 Å². The van der Waals surface area contributed by atoms with Crippen LogP contribution in [-0.2, 0) is 83.2 Å². The van der Waals surface area contributed by atoms with Crippen molar-refractivity contribution in [3.05, 3.63) is 124 Å². The van der Waals surface area contributed by atoms with Crippen molar-refractivity contribution in [1.29, 1.82) is 0 Å². The third kappa shape index (κ3) is 30.9. The molecule has 582 valence electrons. The fourth-order valence-electron chi connectivity index (χ4n) is 11.4. The number of urea groups is 1. The molecule has 2 fully saturated rings. The minimum atomic E-state index is -1.85. The molecule has 0 radical (unpaired) electrons. The number of nitrogens with two attached hydrogens (primary N) is 3. The molecule has 35 nitrogen and oxygen atoms in total. The predicted octanol–water partition coefficient (Wildman–Crippen LogP) is -2.74. The molecule has 3 unspecified atom stereocenters. The lowest BCUT2D eigenvalue weighted by Gasteiger charge is -2.33. The molecule has 2 aliphatic rings. The Labute approximate surface area is 629 Å².